The second kappa shape index (κ2) is 8.69. The summed E-state index contributed by atoms with van der Waals surface area (Å²) < 4.78 is 14.6. The second-order valence-electron chi connectivity index (χ2n) is 8.71. The molecule has 4 aromatic rings. The molecule has 5 nitrogen and oxygen atoms in total. The summed E-state index contributed by atoms with van der Waals surface area (Å²) in [5.74, 6) is 0. The molecule has 172 valence electrons. The summed E-state index contributed by atoms with van der Waals surface area (Å²) in [5, 5.41) is 3.44. The van der Waals surface area contributed by atoms with Crippen molar-refractivity contribution in [3.05, 3.63) is 57.2 Å². The highest BCUT2D eigenvalue weighted by Crippen LogP contribution is 2.41. The Labute approximate surface area is 193 Å². The third-order valence-electron chi connectivity index (χ3n) is 7.01. The molecule has 2 aromatic carbocycles. The first-order chi connectivity index (χ1) is 16.2. The summed E-state index contributed by atoms with van der Waals surface area (Å²) in [4.78, 5) is 15.4. The molecular weight excluding hydrogens is 412 g/mol. The first-order valence-electron chi connectivity index (χ1n) is 12.5. The number of anilines is 1. The molecule has 2 aliphatic rings. The smallest absolute Gasteiger partial charge is 0.347 e. The molecule has 0 spiro atoms. The maximum absolute atomic E-state index is 12.9. The number of fused-ring (bicyclic) bond motifs is 5. The molecule has 6 rings (SSSR count). The van der Waals surface area contributed by atoms with E-state index in [0.29, 0.717) is 16.6 Å². The Bertz CT molecular complexity index is 1490. The molecule has 2 aromatic heterocycles. The van der Waals surface area contributed by atoms with Crippen LogP contribution in [0.15, 0.2) is 44.0 Å². The maximum atomic E-state index is 12.9. The van der Waals surface area contributed by atoms with Crippen LogP contribution in [-0.2, 0) is 12.8 Å². The van der Waals surface area contributed by atoms with E-state index >= 15 is 0 Å². The van der Waals surface area contributed by atoms with Crippen molar-refractivity contribution >= 4 is 38.6 Å². The molecule has 5 heteroatoms. The van der Waals surface area contributed by atoms with Crippen molar-refractivity contribution in [3.8, 4) is 0 Å². The lowest BCUT2D eigenvalue weighted by molar-refractivity contribution is 0.560. The van der Waals surface area contributed by atoms with Crippen molar-refractivity contribution in [2.24, 2.45) is 0 Å². The topological polar surface area (TPSA) is 49.6 Å². The van der Waals surface area contributed by atoms with E-state index in [1.165, 1.54) is 23.2 Å². The lowest BCUT2D eigenvalue weighted by Gasteiger charge is -2.37. The number of nitrogens with zero attached hydrogens (tertiary/aromatic N) is 2. The SMILES string of the molecule is CC.CC[N+](CC)=c1ccc2c(c1)oc(=O)c1cc3cc4c5c(c3oc12)CCCN5CCC4. The van der Waals surface area contributed by atoms with Gasteiger partial charge in [0.25, 0.3) is 0 Å². The first-order valence-corrected chi connectivity index (χ1v) is 12.5. The fraction of sp³-hybridized carbons (Fsp3) is 0.429. The minimum absolute atomic E-state index is 0.335. The van der Waals surface area contributed by atoms with E-state index in [1.54, 1.807) is 0 Å². The molecule has 0 N–H and O–H groups in total. The lowest BCUT2D eigenvalue weighted by atomic mass is 9.90. The largest absolute Gasteiger partial charge is 0.455 e. The van der Waals surface area contributed by atoms with Gasteiger partial charge in [-0.3, -0.25) is 0 Å². The van der Waals surface area contributed by atoms with Crippen LogP contribution in [0.4, 0.5) is 5.69 Å². The number of aryl methyl sites for hydroxylation is 2. The van der Waals surface area contributed by atoms with E-state index < -0.39 is 0 Å². The van der Waals surface area contributed by atoms with Gasteiger partial charge < -0.3 is 13.7 Å². The van der Waals surface area contributed by atoms with Crippen LogP contribution in [-0.4, -0.2) is 26.2 Å². The van der Waals surface area contributed by atoms with Crippen molar-refractivity contribution in [1.82, 2.24) is 4.58 Å². The summed E-state index contributed by atoms with van der Waals surface area (Å²) in [7, 11) is 0. The predicted octanol–water partition coefficient (Wildman–Crippen LogP) is 5.23. The lowest BCUT2D eigenvalue weighted by Crippen LogP contribution is -2.34. The molecule has 0 atom stereocenters. The zero-order valence-electron chi connectivity index (χ0n) is 20.2. The van der Waals surface area contributed by atoms with Crippen LogP contribution < -0.4 is 20.5 Å². The van der Waals surface area contributed by atoms with Gasteiger partial charge in [0.05, 0.1) is 11.5 Å². The first kappa shape index (κ1) is 21.7. The molecule has 0 aliphatic carbocycles. The van der Waals surface area contributed by atoms with Gasteiger partial charge in [0.15, 0.2) is 5.58 Å². The van der Waals surface area contributed by atoms with Crippen LogP contribution in [0.5, 0.6) is 0 Å². The number of hydrogen-bond acceptors (Lipinski definition) is 4. The highest BCUT2D eigenvalue weighted by atomic mass is 16.4. The Balaban J connectivity index is 0.00000111. The van der Waals surface area contributed by atoms with Crippen LogP contribution >= 0.6 is 0 Å². The quantitative estimate of drug-likeness (QED) is 0.183. The third-order valence-corrected chi connectivity index (χ3v) is 7.01. The predicted molar refractivity (Wildman–Crippen MR) is 136 cm³/mol. The second-order valence-corrected chi connectivity index (χ2v) is 8.71. The summed E-state index contributed by atoms with van der Waals surface area (Å²) in [6, 6.07) is 10.3. The van der Waals surface area contributed by atoms with Crippen LogP contribution in [0.25, 0.3) is 32.9 Å². The van der Waals surface area contributed by atoms with Crippen LogP contribution in [0, 0.1) is 0 Å². The highest BCUT2D eigenvalue weighted by molar-refractivity contribution is 6.04. The van der Waals surface area contributed by atoms with Gasteiger partial charge in [-0.2, -0.15) is 0 Å². The van der Waals surface area contributed by atoms with Gasteiger partial charge in [-0.1, -0.05) is 13.8 Å². The van der Waals surface area contributed by atoms with Crippen molar-refractivity contribution in [2.75, 3.05) is 31.1 Å². The fourth-order valence-electron chi connectivity index (χ4n) is 5.54. The van der Waals surface area contributed by atoms with Crippen molar-refractivity contribution in [1.29, 1.82) is 0 Å². The van der Waals surface area contributed by atoms with E-state index in [0.717, 1.165) is 67.2 Å². The summed E-state index contributed by atoms with van der Waals surface area (Å²) in [5.41, 5.74) is 5.88. The zero-order valence-corrected chi connectivity index (χ0v) is 20.2. The fourth-order valence-corrected chi connectivity index (χ4v) is 5.54. The van der Waals surface area contributed by atoms with Gasteiger partial charge in [-0.15, -0.1) is 0 Å². The number of benzene rings is 2. The van der Waals surface area contributed by atoms with Gasteiger partial charge in [0.2, 0.25) is 5.36 Å². The molecular formula is C28H33N2O3+. The molecule has 0 radical (unpaired) electrons. The average Bonchev–Trinajstić information content (AvgIpc) is 2.86. The van der Waals surface area contributed by atoms with Crippen LogP contribution in [0.2, 0.25) is 0 Å². The van der Waals surface area contributed by atoms with E-state index in [1.807, 2.05) is 32.0 Å². The zero-order chi connectivity index (χ0) is 23.1. The van der Waals surface area contributed by atoms with Gasteiger partial charge >= 0.3 is 5.63 Å². The Hall–Kier alpha value is -3.08. The van der Waals surface area contributed by atoms with Gasteiger partial charge in [0, 0.05) is 35.8 Å². The van der Waals surface area contributed by atoms with E-state index in [2.05, 4.69) is 35.5 Å². The number of rotatable bonds is 2. The number of hydrogen-bond donors (Lipinski definition) is 0. The van der Waals surface area contributed by atoms with Crippen molar-refractivity contribution in [3.63, 3.8) is 0 Å². The minimum Gasteiger partial charge on any atom is -0.455 e. The third kappa shape index (κ3) is 3.45. The molecule has 0 amide bonds. The van der Waals surface area contributed by atoms with Crippen molar-refractivity contribution in [2.45, 2.75) is 53.4 Å². The molecule has 0 saturated carbocycles. The Kier molecular flexibility index (Phi) is 5.73. The van der Waals surface area contributed by atoms with E-state index in [-0.39, 0.29) is 5.63 Å². The summed E-state index contributed by atoms with van der Waals surface area (Å²) in [6.07, 6.45) is 4.44. The molecule has 0 saturated heterocycles. The Morgan fingerprint density at radius 3 is 2.42 bits per heavy atom. The molecule has 33 heavy (non-hydrogen) atoms. The molecule has 0 fully saturated rings. The molecule has 0 bridgehead atoms. The van der Waals surface area contributed by atoms with Gasteiger partial charge in [-0.05, 0) is 63.3 Å². The average molecular weight is 446 g/mol. The maximum Gasteiger partial charge on any atom is 0.347 e. The molecule has 4 heterocycles. The van der Waals surface area contributed by atoms with E-state index in [9.17, 15) is 4.79 Å². The standard InChI is InChI=1S/C26H27N2O3.C2H6/c1-3-27(4-2)18-9-10-19-22(15-18)30-26(29)21-14-17-13-16-7-5-11-28-12-6-8-20(23(16)28)24(17)31-25(19)21;1-2/h9-10,13-15H,3-8,11-12H2,1-2H3;1-2H3/q+1;. The Morgan fingerprint density at radius 1 is 0.909 bits per heavy atom. The monoisotopic (exact) mass is 445 g/mol. The van der Waals surface area contributed by atoms with Crippen molar-refractivity contribution < 1.29 is 8.83 Å². The Morgan fingerprint density at radius 2 is 1.67 bits per heavy atom. The van der Waals surface area contributed by atoms with E-state index in [4.69, 9.17) is 8.83 Å². The summed E-state index contributed by atoms with van der Waals surface area (Å²) in [6.45, 7) is 12.3. The highest BCUT2D eigenvalue weighted by Gasteiger charge is 2.27. The summed E-state index contributed by atoms with van der Waals surface area (Å²) >= 11 is 0. The normalized spacial score (nSPS) is 14.8. The van der Waals surface area contributed by atoms with Crippen LogP contribution in [0.1, 0.15) is 51.7 Å². The molecule has 0 unspecified atom stereocenters. The van der Waals surface area contributed by atoms with Gasteiger partial charge in [-0.25, -0.2) is 9.37 Å². The minimum atomic E-state index is -0.335. The van der Waals surface area contributed by atoms with Crippen LogP contribution in [0.3, 0.4) is 0 Å². The molecule has 2 aliphatic heterocycles. The van der Waals surface area contributed by atoms with Gasteiger partial charge in [0.1, 0.15) is 29.6 Å².